The van der Waals surface area contributed by atoms with Crippen LogP contribution < -0.4 is 15.8 Å². The molecule has 1 amide bonds. The fourth-order valence-corrected chi connectivity index (χ4v) is 1.54. The molecule has 2 aromatic carbocycles. The number of amides is 1. The van der Waals surface area contributed by atoms with Gasteiger partial charge >= 0.3 is 6.09 Å². The topological polar surface area (TPSA) is 107 Å². The monoisotopic (exact) mass is 273 g/mol. The van der Waals surface area contributed by atoms with Crippen LogP contribution in [0.5, 0.6) is 5.75 Å². The molecule has 0 saturated carbocycles. The van der Waals surface area contributed by atoms with Gasteiger partial charge in [-0.3, -0.25) is 15.4 Å². The van der Waals surface area contributed by atoms with E-state index in [2.05, 4.69) is 5.32 Å². The quantitative estimate of drug-likeness (QED) is 0.508. The number of carbonyl (C=O) groups excluding carboxylic acids is 1. The molecule has 0 saturated heterocycles. The molecule has 7 nitrogen and oxygen atoms in total. The van der Waals surface area contributed by atoms with E-state index in [4.69, 9.17) is 10.5 Å². The minimum absolute atomic E-state index is 0.0347. The van der Waals surface area contributed by atoms with Crippen molar-refractivity contribution in [1.29, 1.82) is 0 Å². The molecule has 0 fully saturated rings. The minimum atomic E-state index is -0.704. The van der Waals surface area contributed by atoms with Crippen molar-refractivity contribution < 1.29 is 14.5 Å². The van der Waals surface area contributed by atoms with E-state index in [0.717, 1.165) is 0 Å². The number of ether oxygens (including phenoxy) is 1. The maximum Gasteiger partial charge on any atom is 0.417 e. The molecule has 0 heterocycles. The minimum Gasteiger partial charge on any atom is -0.410 e. The molecule has 20 heavy (non-hydrogen) atoms. The van der Waals surface area contributed by atoms with Crippen LogP contribution in [0.2, 0.25) is 0 Å². The first-order chi connectivity index (χ1) is 9.56. The lowest BCUT2D eigenvalue weighted by Gasteiger charge is -2.07. The number of benzene rings is 2. The number of rotatable bonds is 3. The second-order valence-corrected chi connectivity index (χ2v) is 3.86. The van der Waals surface area contributed by atoms with Gasteiger partial charge in [0.1, 0.15) is 11.4 Å². The van der Waals surface area contributed by atoms with Gasteiger partial charge in [-0.25, -0.2) is 4.79 Å². The SMILES string of the molecule is Nc1cc(NC(=O)Oc2ccccc2)ccc1[N+](=O)[O-]. The molecule has 0 atom stereocenters. The van der Waals surface area contributed by atoms with Crippen molar-refractivity contribution in [2.24, 2.45) is 0 Å². The van der Waals surface area contributed by atoms with Gasteiger partial charge in [0.05, 0.1) is 4.92 Å². The summed E-state index contributed by atoms with van der Waals surface area (Å²) in [6, 6.07) is 12.4. The summed E-state index contributed by atoms with van der Waals surface area (Å²) in [5, 5.41) is 13.0. The molecule has 2 rings (SSSR count). The van der Waals surface area contributed by atoms with E-state index in [9.17, 15) is 14.9 Å². The van der Waals surface area contributed by atoms with Crippen LogP contribution >= 0.6 is 0 Å². The second kappa shape index (κ2) is 5.70. The molecule has 0 spiro atoms. The average molecular weight is 273 g/mol. The zero-order valence-electron chi connectivity index (χ0n) is 10.3. The lowest BCUT2D eigenvalue weighted by atomic mass is 10.2. The van der Waals surface area contributed by atoms with Crippen molar-refractivity contribution in [2.75, 3.05) is 11.1 Å². The summed E-state index contributed by atoms with van der Waals surface area (Å²) in [6.45, 7) is 0. The van der Waals surface area contributed by atoms with Crippen LogP contribution in [0.15, 0.2) is 48.5 Å². The van der Waals surface area contributed by atoms with E-state index >= 15 is 0 Å². The average Bonchev–Trinajstić information content (AvgIpc) is 2.39. The summed E-state index contributed by atoms with van der Waals surface area (Å²) in [5.41, 5.74) is 5.58. The third-order valence-corrected chi connectivity index (χ3v) is 2.42. The van der Waals surface area contributed by atoms with Gasteiger partial charge in [-0.15, -0.1) is 0 Å². The molecule has 0 bridgehead atoms. The van der Waals surface area contributed by atoms with Crippen molar-refractivity contribution in [3.05, 3.63) is 58.6 Å². The van der Waals surface area contributed by atoms with Crippen LogP contribution in [0.1, 0.15) is 0 Å². The Kier molecular flexibility index (Phi) is 3.80. The highest BCUT2D eigenvalue weighted by atomic mass is 16.6. The maximum absolute atomic E-state index is 11.6. The van der Waals surface area contributed by atoms with Gasteiger partial charge in [-0.2, -0.15) is 0 Å². The van der Waals surface area contributed by atoms with Crippen LogP contribution in [-0.4, -0.2) is 11.0 Å². The first-order valence-corrected chi connectivity index (χ1v) is 5.64. The molecule has 0 aromatic heterocycles. The van der Waals surface area contributed by atoms with Crippen LogP contribution in [-0.2, 0) is 0 Å². The summed E-state index contributed by atoms with van der Waals surface area (Å²) in [6.07, 6.45) is -0.704. The number of hydrogen-bond acceptors (Lipinski definition) is 5. The Labute approximate surface area is 114 Å². The second-order valence-electron chi connectivity index (χ2n) is 3.86. The predicted octanol–water partition coefficient (Wildman–Crippen LogP) is 2.79. The Balaban J connectivity index is 2.05. The molecule has 0 unspecified atom stereocenters. The number of anilines is 2. The van der Waals surface area contributed by atoms with Gasteiger partial charge in [0, 0.05) is 11.8 Å². The molecule has 0 aliphatic heterocycles. The Bertz CT molecular complexity index is 643. The summed E-state index contributed by atoms with van der Waals surface area (Å²) in [4.78, 5) is 21.6. The molecule has 0 aliphatic carbocycles. The number of hydrogen-bond donors (Lipinski definition) is 2. The summed E-state index contributed by atoms with van der Waals surface area (Å²) in [7, 11) is 0. The van der Waals surface area contributed by atoms with E-state index in [1.165, 1.54) is 18.2 Å². The maximum atomic E-state index is 11.6. The smallest absolute Gasteiger partial charge is 0.410 e. The van der Waals surface area contributed by atoms with Crippen LogP contribution in [0, 0.1) is 10.1 Å². The van der Waals surface area contributed by atoms with Crippen molar-refractivity contribution in [1.82, 2.24) is 0 Å². The highest BCUT2D eigenvalue weighted by Gasteiger charge is 2.12. The number of nitrogens with two attached hydrogens (primary N) is 1. The number of nitrogen functional groups attached to an aromatic ring is 1. The van der Waals surface area contributed by atoms with E-state index in [-0.39, 0.29) is 11.4 Å². The Morgan fingerprint density at radius 2 is 1.90 bits per heavy atom. The fourth-order valence-electron chi connectivity index (χ4n) is 1.54. The third kappa shape index (κ3) is 3.22. The number of nitrogens with one attached hydrogen (secondary N) is 1. The highest BCUT2D eigenvalue weighted by Crippen LogP contribution is 2.24. The standard InChI is InChI=1S/C13H11N3O4/c14-11-8-9(6-7-12(11)16(18)19)15-13(17)20-10-4-2-1-3-5-10/h1-8H,14H2,(H,15,17). The summed E-state index contributed by atoms with van der Waals surface area (Å²) >= 11 is 0. The summed E-state index contributed by atoms with van der Waals surface area (Å²) < 4.78 is 5.01. The molecule has 2 aromatic rings. The van der Waals surface area contributed by atoms with Crippen LogP contribution in [0.25, 0.3) is 0 Å². The number of carbonyl (C=O) groups is 1. The molecule has 3 N–H and O–H groups in total. The Hall–Kier alpha value is -3.09. The first kappa shape index (κ1) is 13.3. The zero-order valence-corrected chi connectivity index (χ0v) is 10.3. The van der Waals surface area contributed by atoms with Crippen molar-refractivity contribution in [3.63, 3.8) is 0 Å². The molecule has 0 aliphatic rings. The van der Waals surface area contributed by atoms with E-state index in [1.54, 1.807) is 30.3 Å². The largest absolute Gasteiger partial charge is 0.417 e. The number of nitro benzene ring substituents is 1. The van der Waals surface area contributed by atoms with E-state index in [1.807, 2.05) is 0 Å². The molecule has 7 heteroatoms. The van der Waals surface area contributed by atoms with Gasteiger partial charge < -0.3 is 10.5 Å². The van der Waals surface area contributed by atoms with Crippen molar-refractivity contribution >= 4 is 23.2 Å². The highest BCUT2D eigenvalue weighted by molar-refractivity contribution is 5.87. The van der Waals surface area contributed by atoms with Gasteiger partial charge in [0.25, 0.3) is 5.69 Å². The molecule has 102 valence electrons. The zero-order chi connectivity index (χ0) is 14.5. The number of para-hydroxylation sites is 1. The molecule has 0 radical (unpaired) electrons. The lowest BCUT2D eigenvalue weighted by Crippen LogP contribution is -2.16. The Morgan fingerprint density at radius 3 is 2.50 bits per heavy atom. The van der Waals surface area contributed by atoms with Crippen molar-refractivity contribution in [2.45, 2.75) is 0 Å². The molecular weight excluding hydrogens is 262 g/mol. The fraction of sp³-hybridized carbons (Fsp3) is 0. The first-order valence-electron chi connectivity index (χ1n) is 5.64. The van der Waals surface area contributed by atoms with Crippen LogP contribution in [0.3, 0.4) is 0 Å². The number of nitrogens with zero attached hydrogens (tertiary/aromatic N) is 1. The van der Waals surface area contributed by atoms with Gasteiger partial charge in [-0.05, 0) is 24.3 Å². The van der Waals surface area contributed by atoms with Gasteiger partial charge in [0.2, 0.25) is 0 Å². The summed E-state index contributed by atoms with van der Waals surface area (Å²) in [5.74, 6) is 0.389. The normalized spacial score (nSPS) is 9.80. The third-order valence-electron chi connectivity index (χ3n) is 2.42. The van der Waals surface area contributed by atoms with Gasteiger partial charge in [0.15, 0.2) is 0 Å². The lowest BCUT2D eigenvalue weighted by molar-refractivity contribution is -0.383. The van der Waals surface area contributed by atoms with Crippen LogP contribution in [0.4, 0.5) is 21.9 Å². The molecular formula is C13H11N3O4. The van der Waals surface area contributed by atoms with Crippen molar-refractivity contribution in [3.8, 4) is 5.75 Å². The predicted molar refractivity (Wildman–Crippen MR) is 73.6 cm³/mol. The number of nitro groups is 1. The van der Waals surface area contributed by atoms with E-state index < -0.39 is 11.0 Å². The van der Waals surface area contributed by atoms with E-state index in [0.29, 0.717) is 11.4 Å². The Morgan fingerprint density at radius 1 is 1.20 bits per heavy atom. The van der Waals surface area contributed by atoms with Gasteiger partial charge in [-0.1, -0.05) is 18.2 Å².